The molecule has 4 nitrogen and oxygen atoms in total. The number of aliphatic hydroxyl groups is 1. The maximum absolute atomic E-state index is 9.78. The van der Waals surface area contributed by atoms with Gasteiger partial charge in [-0.2, -0.15) is 10.2 Å². The van der Waals surface area contributed by atoms with Gasteiger partial charge in [-0.15, -0.1) is 0 Å². The van der Waals surface area contributed by atoms with Crippen molar-refractivity contribution in [3.05, 3.63) is 36.2 Å². The van der Waals surface area contributed by atoms with Crippen LogP contribution >= 0.6 is 0 Å². The summed E-state index contributed by atoms with van der Waals surface area (Å²) in [6.07, 6.45) is 2.93. The quantitative estimate of drug-likeness (QED) is 0.777. The van der Waals surface area contributed by atoms with E-state index in [9.17, 15) is 5.11 Å². The molecule has 0 saturated heterocycles. The molecule has 15 heavy (non-hydrogen) atoms. The lowest BCUT2D eigenvalue weighted by Crippen LogP contribution is -2.16. The van der Waals surface area contributed by atoms with Crippen LogP contribution in [0.5, 0.6) is 0 Å². The van der Waals surface area contributed by atoms with Crippen LogP contribution in [0.4, 0.5) is 0 Å². The van der Waals surface area contributed by atoms with Gasteiger partial charge in [0.15, 0.2) is 0 Å². The van der Waals surface area contributed by atoms with E-state index in [1.54, 1.807) is 12.4 Å². The Morgan fingerprint density at radius 2 is 2.00 bits per heavy atom. The number of aromatic nitrogens is 2. The highest BCUT2D eigenvalue weighted by Gasteiger charge is 2.06. The number of fused-ring (bicyclic) bond motifs is 1. The van der Waals surface area contributed by atoms with Gasteiger partial charge >= 0.3 is 0 Å². The number of hydrogen-bond donors (Lipinski definition) is 2. The maximum atomic E-state index is 9.78. The number of likely N-dealkylation sites (N-methyl/N-ethyl adjacent to an activating group) is 1. The van der Waals surface area contributed by atoms with Crippen LogP contribution in [0.15, 0.2) is 30.6 Å². The molecule has 0 fully saturated rings. The number of hydrogen-bond acceptors (Lipinski definition) is 4. The lowest BCUT2D eigenvalue weighted by molar-refractivity contribution is 0.178. The highest BCUT2D eigenvalue weighted by molar-refractivity contribution is 5.81. The van der Waals surface area contributed by atoms with E-state index in [1.807, 2.05) is 25.2 Å². The summed E-state index contributed by atoms with van der Waals surface area (Å²) in [7, 11) is 1.82. The fourth-order valence-electron chi connectivity index (χ4n) is 1.53. The van der Waals surface area contributed by atoms with Gasteiger partial charge in [0, 0.05) is 17.3 Å². The number of rotatable bonds is 3. The fraction of sp³-hybridized carbons (Fsp3) is 0.273. The van der Waals surface area contributed by atoms with Gasteiger partial charge in [-0.1, -0.05) is 12.1 Å². The number of benzene rings is 1. The highest BCUT2D eigenvalue weighted by Crippen LogP contribution is 2.18. The van der Waals surface area contributed by atoms with Crippen molar-refractivity contribution >= 4 is 10.8 Å². The second kappa shape index (κ2) is 4.33. The lowest BCUT2D eigenvalue weighted by Gasteiger charge is -2.10. The molecule has 1 heterocycles. The van der Waals surface area contributed by atoms with E-state index in [-0.39, 0.29) is 0 Å². The third-order valence-corrected chi connectivity index (χ3v) is 2.35. The van der Waals surface area contributed by atoms with Gasteiger partial charge in [0.1, 0.15) is 0 Å². The monoisotopic (exact) mass is 203 g/mol. The molecule has 2 N–H and O–H groups in total. The molecule has 1 aromatic carbocycles. The highest BCUT2D eigenvalue weighted by atomic mass is 16.3. The van der Waals surface area contributed by atoms with Gasteiger partial charge in [0.25, 0.3) is 0 Å². The molecule has 2 aromatic rings. The maximum Gasteiger partial charge on any atom is 0.0914 e. The normalized spacial score (nSPS) is 12.9. The van der Waals surface area contributed by atoms with E-state index in [4.69, 9.17) is 0 Å². The Balaban J connectivity index is 2.38. The fourth-order valence-corrected chi connectivity index (χ4v) is 1.53. The first-order valence-electron chi connectivity index (χ1n) is 4.84. The van der Waals surface area contributed by atoms with Crippen molar-refractivity contribution in [1.29, 1.82) is 0 Å². The molecule has 78 valence electrons. The van der Waals surface area contributed by atoms with E-state index in [2.05, 4.69) is 15.5 Å². The van der Waals surface area contributed by atoms with Crippen molar-refractivity contribution in [2.24, 2.45) is 0 Å². The Hall–Kier alpha value is -1.52. The van der Waals surface area contributed by atoms with Crippen molar-refractivity contribution in [2.75, 3.05) is 13.6 Å². The van der Waals surface area contributed by atoms with Crippen molar-refractivity contribution in [3.63, 3.8) is 0 Å². The number of aliphatic hydroxyl groups excluding tert-OH is 1. The van der Waals surface area contributed by atoms with Crippen molar-refractivity contribution in [2.45, 2.75) is 6.10 Å². The van der Waals surface area contributed by atoms with Gasteiger partial charge < -0.3 is 10.4 Å². The average molecular weight is 203 g/mol. The first-order valence-corrected chi connectivity index (χ1v) is 4.84. The van der Waals surface area contributed by atoms with Crippen LogP contribution in [0.3, 0.4) is 0 Å². The van der Waals surface area contributed by atoms with E-state index < -0.39 is 6.10 Å². The van der Waals surface area contributed by atoms with Crippen LogP contribution in [0, 0.1) is 0 Å². The van der Waals surface area contributed by atoms with Crippen molar-refractivity contribution in [3.8, 4) is 0 Å². The zero-order valence-electron chi connectivity index (χ0n) is 8.51. The molecule has 0 aliphatic heterocycles. The zero-order chi connectivity index (χ0) is 10.7. The summed E-state index contributed by atoms with van der Waals surface area (Å²) in [5.41, 5.74) is 0.893. The summed E-state index contributed by atoms with van der Waals surface area (Å²) in [5, 5.41) is 22.4. The largest absolute Gasteiger partial charge is 0.387 e. The van der Waals surface area contributed by atoms with Gasteiger partial charge in [-0.25, -0.2) is 0 Å². The molecular weight excluding hydrogens is 190 g/mol. The van der Waals surface area contributed by atoms with Crippen molar-refractivity contribution < 1.29 is 5.11 Å². The van der Waals surface area contributed by atoms with E-state index in [0.717, 1.165) is 16.3 Å². The van der Waals surface area contributed by atoms with Crippen LogP contribution in [0.25, 0.3) is 10.8 Å². The molecule has 0 aliphatic rings. The minimum absolute atomic E-state index is 0.479. The Bertz CT molecular complexity index is 458. The predicted octanol–water partition coefficient (Wildman–Crippen LogP) is 0.883. The molecule has 0 aliphatic carbocycles. The lowest BCUT2D eigenvalue weighted by atomic mass is 10.1. The van der Waals surface area contributed by atoms with Crippen LogP contribution < -0.4 is 5.32 Å². The molecule has 0 spiro atoms. The molecule has 1 unspecified atom stereocenters. The second-order valence-electron chi connectivity index (χ2n) is 3.45. The van der Waals surface area contributed by atoms with Gasteiger partial charge in [-0.05, 0) is 18.7 Å². The first-order chi connectivity index (χ1) is 7.31. The van der Waals surface area contributed by atoms with Gasteiger partial charge in [0.2, 0.25) is 0 Å². The SMILES string of the molecule is CNCC(O)c1ccc2cnncc2c1. The van der Waals surface area contributed by atoms with Crippen LogP contribution in [0.2, 0.25) is 0 Å². The molecule has 0 saturated carbocycles. The summed E-state index contributed by atoms with van der Waals surface area (Å²) in [5.74, 6) is 0. The van der Waals surface area contributed by atoms with Crippen LogP contribution in [0.1, 0.15) is 11.7 Å². The Labute approximate surface area is 88.0 Å². The molecule has 0 radical (unpaired) electrons. The van der Waals surface area contributed by atoms with Gasteiger partial charge in [-0.3, -0.25) is 0 Å². The molecule has 0 bridgehead atoms. The van der Waals surface area contributed by atoms with Crippen molar-refractivity contribution in [1.82, 2.24) is 15.5 Å². The Kier molecular flexibility index (Phi) is 2.89. The summed E-state index contributed by atoms with van der Waals surface area (Å²) >= 11 is 0. The van der Waals surface area contributed by atoms with E-state index in [1.165, 1.54) is 0 Å². The minimum atomic E-state index is -0.479. The third-order valence-electron chi connectivity index (χ3n) is 2.35. The molecule has 4 heteroatoms. The Morgan fingerprint density at radius 1 is 1.27 bits per heavy atom. The standard InChI is InChI=1S/C11H13N3O/c1-12-7-11(15)8-2-3-9-5-13-14-6-10(9)4-8/h2-6,11-12,15H,7H2,1H3. The average Bonchev–Trinajstić information content (AvgIpc) is 2.29. The summed E-state index contributed by atoms with van der Waals surface area (Å²) in [6.45, 7) is 0.546. The zero-order valence-corrected chi connectivity index (χ0v) is 8.51. The molecule has 1 aromatic heterocycles. The Morgan fingerprint density at radius 3 is 2.73 bits per heavy atom. The first kappa shape index (κ1) is 10.0. The van der Waals surface area contributed by atoms with E-state index in [0.29, 0.717) is 6.54 Å². The molecule has 2 rings (SSSR count). The molecular formula is C11H13N3O. The number of nitrogens with zero attached hydrogens (tertiary/aromatic N) is 2. The predicted molar refractivity (Wildman–Crippen MR) is 58.4 cm³/mol. The smallest absolute Gasteiger partial charge is 0.0914 e. The van der Waals surface area contributed by atoms with Crippen LogP contribution in [-0.2, 0) is 0 Å². The minimum Gasteiger partial charge on any atom is -0.387 e. The number of nitrogens with one attached hydrogen (secondary N) is 1. The van der Waals surface area contributed by atoms with Crippen LogP contribution in [-0.4, -0.2) is 28.9 Å². The summed E-state index contributed by atoms with van der Waals surface area (Å²) < 4.78 is 0. The van der Waals surface area contributed by atoms with Gasteiger partial charge in [0.05, 0.1) is 18.5 Å². The molecule has 0 amide bonds. The second-order valence-corrected chi connectivity index (χ2v) is 3.45. The summed E-state index contributed by atoms with van der Waals surface area (Å²) in [6, 6.07) is 5.79. The molecule has 1 atom stereocenters. The third kappa shape index (κ3) is 2.11. The van der Waals surface area contributed by atoms with E-state index >= 15 is 0 Å². The summed E-state index contributed by atoms with van der Waals surface area (Å²) in [4.78, 5) is 0. The topological polar surface area (TPSA) is 58.0 Å².